The number of carbonyl (C=O) groups is 1. The number of esters is 1. The molecule has 0 unspecified atom stereocenters. The van der Waals surface area contributed by atoms with E-state index in [1.165, 1.54) is 13.0 Å². The first-order valence-corrected chi connectivity index (χ1v) is 18.2. The molecule has 14 nitrogen and oxygen atoms in total. The number of aliphatic hydroxyl groups excluding tert-OH is 11. The van der Waals surface area contributed by atoms with E-state index < -0.39 is 98.2 Å². The van der Waals surface area contributed by atoms with Crippen LogP contribution < -0.4 is 0 Å². The summed E-state index contributed by atoms with van der Waals surface area (Å²) in [5, 5.41) is 115. The summed E-state index contributed by atoms with van der Waals surface area (Å²) >= 11 is 0. The first-order valence-electron chi connectivity index (χ1n) is 18.2. The number of hydrogen-bond acceptors (Lipinski definition) is 14. The molecule has 11 N–H and O–H groups in total. The Morgan fingerprint density at radius 2 is 1.29 bits per heavy atom. The average Bonchev–Trinajstić information content (AvgIpc) is 3.06. The van der Waals surface area contributed by atoms with E-state index in [-0.39, 0.29) is 38.7 Å². The van der Waals surface area contributed by atoms with Gasteiger partial charge in [-0.2, -0.15) is 0 Å². The van der Waals surface area contributed by atoms with Gasteiger partial charge >= 0.3 is 5.97 Å². The van der Waals surface area contributed by atoms with Crippen molar-refractivity contribution in [2.45, 2.75) is 152 Å². The molecule has 1 aliphatic heterocycles. The van der Waals surface area contributed by atoms with Crippen molar-refractivity contribution >= 4 is 5.97 Å². The van der Waals surface area contributed by atoms with Crippen LogP contribution in [-0.4, -0.2) is 149 Å². The molecule has 0 saturated heterocycles. The first-order chi connectivity index (χ1) is 24.6. The Hall–Kier alpha value is -2.31. The highest BCUT2D eigenvalue weighted by molar-refractivity contribution is 5.74. The van der Waals surface area contributed by atoms with E-state index in [4.69, 9.17) is 9.47 Å². The Kier molecular flexibility index (Phi) is 24.3. The molecule has 13 atom stereocenters. The second-order valence-electron chi connectivity index (χ2n) is 13.7. The lowest BCUT2D eigenvalue weighted by atomic mass is 9.87. The van der Waals surface area contributed by atoms with Crippen LogP contribution in [0.2, 0.25) is 0 Å². The van der Waals surface area contributed by atoms with Crippen LogP contribution in [0.3, 0.4) is 0 Å². The number of ether oxygens (including phenoxy) is 2. The van der Waals surface area contributed by atoms with Crippen LogP contribution in [-0.2, 0) is 14.3 Å². The van der Waals surface area contributed by atoms with Gasteiger partial charge in [-0.3, -0.25) is 4.79 Å². The van der Waals surface area contributed by atoms with E-state index in [1.807, 2.05) is 6.92 Å². The zero-order chi connectivity index (χ0) is 39.2. The number of carbonyl (C=O) groups excluding carboxylic acids is 1. The molecule has 0 aromatic rings. The third-order valence-corrected chi connectivity index (χ3v) is 8.81. The van der Waals surface area contributed by atoms with Gasteiger partial charge in [0.15, 0.2) is 0 Å². The van der Waals surface area contributed by atoms with Crippen molar-refractivity contribution in [1.82, 2.24) is 0 Å². The first kappa shape index (κ1) is 47.7. The van der Waals surface area contributed by atoms with Crippen molar-refractivity contribution in [3.05, 3.63) is 60.3 Å². The molecule has 0 fully saturated rings. The highest BCUT2D eigenvalue weighted by atomic mass is 16.6. The van der Waals surface area contributed by atoms with Crippen LogP contribution in [0.25, 0.3) is 0 Å². The SMILES string of the molecule is CCCCC[C@@H](O)[C@H]1C(=O)O[C@H](C)[C@@H](O)/C=C/C=C/C=C/C=C/C=C(\C)[C@@H](OC[C@H](O)CO)[C@@H](O)[C@H](O)C[C@H](O)C[C@H](O)C[C@H](O)C[C@H](O)C[C@@H]1O. The number of rotatable bonds is 9. The Labute approximate surface area is 307 Å². The van der Waals surface area contributed by atoms with Crippen molar-refractivity contribution in [1.29, 1.82) is 0 Å². The summed E-state index contributed by atoms with van der Waals surface area (Å²) in [6.45, 7) is 4.11. The van der Waals surface area contributed by atoms with E-state index in [2.05, 4.69) is 0 Å². The molecule has 0 aliphatic carbocycles. The molecule has 0 aromatic carbocycles. The zero-order valence-corrected chi connectivity index (χ0v) is 30.6. The number of aliphatic hydroxyl groups is 11. The predicted molar refractivity (Wildman–Crippen MR) is 193 cm³/mol. The van der Waals surface area contributed by atoms with Crippen molar-refractivity contribution in [2.75, 3.05) is 13.2 Å². The molecule has 52 heavy (non-hydrogen) atoms. The van der Waals surface area contributed by atoms with Crippen molar-refractivity contribution in [3.8, 4) is 0 Å². The maximum absolute atomic E-state index is 13.2. The molecule has 0 amide bonds. The van der Waals surface area contributed by atoms with Gasteiger partial charge in [0.1, 0.15) is 36.4 Å². The summed E-state index contributed by atoms with van der Waals surface area (Å²) in [6, 6.07) is 0. The number of allylic oxidation sites excluding steroid dienone is 8. The molecule has 300 valence electrons. The summed E-state index contributed by atoms with van der Waals surface area (Å²) in [4.78, 5) is 13.2. The van der Waals surface area contributed by atoms with Crippen LogP contribution in [0.5, 0.6) is 0 Å². The zero-order valence-electron chi connectivity index (χ0n) is 30.6. The standard InChI is InChI=1S/C38H64O14/c1-4-5-11-16-32(46)35-33(47)20-28(42)18-26(40)17-27(41)19-29(43)21-34(48)36(49)37(51-23-30(44)22-39)24(2)14-12-9-7-6-8-10-13-15-31(45)25(3)52-38(35)50/h6-10,12-15,25-37,39-49H,4-5,11,16-23H2,1-3H3/b7-6+,10-8+,12-9+,15-13+,24-14+/t25-,26+,27-,28+,29-,30-,31+,32-,33+,34-,35-,36+,37-/m1/s1. The highest BCUT2D eigenvalue weighted by Gasteiger charge is 2.38. The van der Waals surface area contributed by atoms with Gasteiger partial charge in [-0.15, -0.1) is 0 Å². The number of unbranched alkanes of at least 4 members (excludes halogenated alkanes) is 2. The van der Waals surface area contributed by atoms with Gasteiger partial charge < -0.3 is 65.6 Å². The number of hydrogen-bond donors (Lipinski definition) is 11. The van der Waals surface area contributed by atoms with Crippen LogP contribution in [0.4, 0.5) is 0 Å². The Morgan fingerprint density at radius 3 is 1.85 bits per heavy atom. The van der Waals surface area contributed by atoms with E-state index >= 15 is 0 Å². The van der Waals surface area contributed by atoms with E-state index in [1.54, 1.807) is 55.5 Å². The smallest absolute Gasteiger partial charge is 0.314 e. The fourth-order valence-electron chi connectivity index (χ4n) is 5.78. The minimum atomic E-state index is -1.57. The molecular weight excluding hydrogens is 680 g/mol. The molecular formula is C38H64O14. The summed E-state index contributed by atoms with van der Waals surface area (Å²) in [7, 11) is 0. The van der Waals surface area contributed by atoms with Crippen molar-refractivity contribution in [3.63, 3.8) is 0 Å². The third-order valence-electron chi connectivity index (χ3n) is 8.81. The summed E-state index contributed by atoms with van der Waals surface area (Å²) < 4.78 is 11.0. The molecule has 0 aromatic heterocycles. The van der Waals surface area contributed by atoms with Crippen molar-refractivity contribution in [2.24, 2.45) is 5.92 Å². The Morgan fingerprint density at radius 1 is 0.769 bits per heavy atom. The van der Waals surface area contributed by atoms with E-state index in [0.717, 1.165) is 12.8 Å². The number of cyclic esters (lactones) is 1. The minimum Gasteiger partial charge on any atom is -0.459 e. The summed E-state index contributed by atoms with van der Waals surface area (Å²) in [5.74, 6) is -2.40. The molecule has 0 bridgehead atoms. The van der Waals surface area contributed by atoms with Crippen LogP contribution >= 0.6 is 0 Å². The lowest BCUT2D eigenvalue weighted by molar-refractivity contribution is -0.168. The largest absolute Gasteiger partial charge is 0.459 e. The fraction of sp³-hybridized carbons (Fsp3) is 0.711. The van der Waals surface area contributed by atoms with Gasteiger partial charge in [-0.1, -0.05) is 80.9 Å². The second kappa shape index (κ2) is 26.5. The molecule has 1 heterocycles. The van der Waals surface area contributed by atoms with Gasteiger partial charge in [0, 0.05) is 12.8 Å². The highest BCUT2D eigenvalue weighted by Crippen LogP contribution is 2.24. The summed E-state index contributed by atoms with van der Waals surface area (Å²) in [5.41, 5.74) is 0.454. The average molecular weight is 745 g/mol. The minimum absolute atomic E-state index is 0.185. The topological polar surface area (TPSA) is 258 Å². The van der Waals surface area contributed by atoms with Crippen molar-refractivity contribution < 1.29 is 70.4 Å². The molecule has 14 heteroatoms. The predicted octanol–water partition coefficient (Wildman–Crippen LogP) is 0.236. The lowest BCUT2D eigenvalue weighted by Crippen LogP contribution is -2.43. The monoisotopic (exact) mass is 744 g/mol. The summed E-state index contributed by atoms with van der Waals surface area (Å²) in [6.07, 6.45) is -0.685. The van der Waals surface area contributed by atoms with E-state index in [0.29, 0.717) is 12.0 Å². The second-order valence-corrected chi connectivity index (χ2v) is 13.7. The van der Waals surface area contributed by atoms with Gasteiger partial charge in [-0.25, -0.2) is 0 Å². The Balaban J connectivity index is 3.29. The fourth-order valence-corrected chi connectivity index (χ4v) is 5.78. The van der Waals surface area contributed by atoms with Gasteiger partial charge in [0.05, 0.1) is 55.9 Å². The van der Waals surface area contributed by atoms with Crippen LogP contribution in [0.15, 0.2) is 60.3 Å². The normalized spacial score (nSPS) is 37.6. The molecule has 0 spiro atoms. The van der Waals surface area contributed by atoms with E-state index in [9.17, 15) is 61.0 Å². The molecule has 0 saturated carbocycles. The lowest BCUT2D eigenvalue weighted by Gasteiger charge is -2.30. The third kappa shape index (κ3) is 19.1. The quantitative estimate of drug-likeness (QED) is 0.112. The maximum atomic E-state index is 13.2. The maximum Gasteiger partial charge on any atom is 0.314 e. The van der Waals surface area contributed by atoms with Crippen LogP contribution in [0, 0.1) is 5.92 Å². The van der Waals surface area contributed by atoms with Crippen LogP contribution in [0.1, 0.15) is 78.6 Å². The van der Waals surface area contributed by atoms with Gasteiger partial charge in [0.2, 0.25) is 0 Å². The molecule has 0 radical (unpaired) electrons. The molecule has 1 rings (SSSR count). The molecule has 1 aliphatic rings. The Bertz CT molecular complexity index is 1120. The van der Waals surface area contributed by atoms with Gasteiger partial charge in [0.25, 0.3) is 0 Å². The van der Waals surface area contributed by atoms with Gasteiger partial charge in [-0.05, 0) is 45.1 Å².